The molecule has 0 saturated carbocycles. The molecule has 0 radical (unpaired) electrons. The first-order valence-electron chi connectivity index (χ1n) is 7.23. The average Bonchev–Trinajstić information content (AvgIpc) is 2.50. The Morgan fingerprint density at radius 2 is 1.71 bits per heavy atom. The van der Waals surface area contributed by atoms with Crippen LogP contribution in [0.5, 0.6) is 0 Å². The van der Waals surface area contributed by atoms with Gasteiger partial charge in [0.25, 0.3) is 5.91 Å². The molecule has 1 N–H and O–H groups in total. The SMILES string of the molecule is Cc1cc(Br)ccc1NC(=O)c1cc(S(=O)(=O)N(C)C)ccc1C. The monoisotopic (exact) mass is 410 g/mol. The summed E-state index contributed by atoms with van der Waals surface area (Å²) in [6, 6.07) is 10.1. The number of rotatable bonds is 4. The van der Waals surface area contributed by atoms with E-state index in [2.05, 4.69) is 21.2 Å². The highest BCUT2D eigenvalue weighted by Gasteiger charge is 2.20. The largest absolute Gasteiger partial charge is 0.322 e. The summed E-state index contributed by atoms with van der Waals surface area (Å²) < 4.78 is 26.6. The first kappa shape index (κ1) is 18.6. The molecule has 0 saturated heterocycles. The molecule has 0 heterocycles. The molecule has 128 valence electrons. The fourth-order valence-corrected chi connectivity index (χ4v) is 3.58. The van der Waals surface area contributed by atoms with Gasteiger partial charge in [0.05, 0.1) is 4.90 Å². The van der Waals surface area contributed by atoms with E-state index in [0.29, 0.717) is 16.8 Å². The molecule has 7 heteroatoms. The normalized spacial score (nSPS) is 11.6. The van der Waals surface area contributed by atoms with Crippen molar-refractivity contribution in [3.63, 3.8) is 0 Å². The maximum Gasteiger partial charge on any atom is 0.255 e. The molecule has 2 aromatic carbocycles. The van der Waals surface area contributed by atoms with Crippen molar-refractivity contribution in [3.8, 4) is 0 Å². The number of amides is 1. The Labute approximate surface area is 150 Å². The number of nitrogens with zero attached hydrogens (tertiary/aromatic N) is 1. The van der Waals surface area contributed by atoms with Crippen LogP contribution >= 0.6 is 15.9 Å². The van der Waals surface area contributed by atoms with Crippen LogP contribution in [0.15, 0.2) is 45.8 Å². The summed E-state index contributed by atoms with van der Waals surface area (Å²) >= 11 is 3.38. The van der Waals surface area contributed by atoms with Crippen molar-refractivity contribution in [1.29, 1.82) is 0 Å². The van der Waals surface area contributed by atoms with E-state index in [1.165, 1.54) is 26.2 Å². The minimum atomic E-state index is -3.59. The highest BCUT2D eigenvalue weighted by Crippen LogP contribution is 2.23. The highest BCUT2D eigenvalue weighted by atomic mass is 79.9. The number of halogens is 1. The second kappa shape index (κ2) is 7.04. The number of hydrogen-bond acceptors (Lipinski definition) is 3. The maximum atomic E-state index is 12.6. The summed E-state index contributed by atoms with van der Waals surface area (Å²) in [6.07, 6.45) is 0. The van der Waals surface area contributed by atoms with Crippen LogP contribution in [0.4, 0.5) is 5.69 Å². The van der Waals surface area contributed by atoms with Gasteiger partial charge in [-0.25, -0.2) is 12.7 Å². The van der Waals surface area contributed by atoms with E-state index in [1.807, 2.05) is 19.1 Å². The van der Waals surface area contributed by atoms with Crippen LogP contribution in [0.2, 0.25) is 0 Å². The van der Waals surface area contributed by atoms with E-state index in [4.69, 9.17) is 0 Å². The van der Waals surface area contributed by atoms with Gasteiger partial charge in [0.1, 0.15) is 0 Å². The van der Waals surface area contributed by atoms with Crippen LogP contribution in [-0.4, -0.2) is 32.7 Å². The number of sulfonamides is 1. The third kappa shape index (κ3) is 3.85. The van der Waals surface area contributed by atoms with Crippen molar-refractivity contribution >= 4 is 37.5 Å². The topological polar surface area (TPSA) is 66.5 Å². The number of nitrogens with one attached hydrogen (secondary N) is 1. The molecular weight excluding hydrogens is 392 g/mol. The zero-order chi connectivity index (χ0) is 18.1. The van der Waals surface area contributed by atoms with Crippen molar-refractivity contribution in [3.05, 3.63) is 57.6 Å². The number of aryl methyl sites for hydroxylation is 2. The lowest BCUT2D eigenvalue weighted by molar-refractivity contribution is 0.102. The zero-order valence-electron chi connectivity index (χ0n) is 13.9. The minimum Gasteiger partial charge on any atom is -0.322 e. The van der Waals surface area contributed by atoms with Gasteiger partial charge in [-0.05, 0) is 55.3 Å². The van der Waals surface area contributed by atoms with Crippen LogP contribution in [-0.2, 0) is 10.0 Å². The molecule has 0 aliphatic heterocycles. The molecule has 0 spiro atoms. The summed E-state index contributed by atoms with van der Waals surface area (Å²) in [5, 5.41) is 2.83. The molecule has 2 aromatic rings. The fourth-order valence-electron chi connectivity index (χ4n) is 2.17. The summed E-state index contributed by atoms with van der Waals surface area (Å²) in [5.41, 5.74) is 2.64. The Balaban J connectivity index is 2.39. The van der Waals surface area contributed by atoms with E-state index in [0.717, 1.165) is 14.3 Å². The second-order valence-corrected chi connectivity index (χ2v) is 8.75. The van der Waals surface area contributed by atoms with Crippen LogP contribution in [0, 0.1) is 13.8 Å². The summed E-state index contributed by atoms with van der Waals surface area (Å²) in [5.74, 6) is -0.339. The Bertz CT molecular complexity index is 893. The lowest BCUT2D eigenvalue weighted by atomic mass is 10.1. The molecule has 0 unspecified atom stereocenters. The van der Waals surface area contributed by atoms with Gasteiger partial charge in [-0.15, -0.1) is 0 Å². The standard InChI is InChI=1S/C17H19BrN2O3S/c1-11-5-7-14(24(22,23)20(3)4)10-15(11)17(21)19-16-8-6-13(18)9-12(16)2/h5-10H,1-4H3,(H,19,21). The van der Waals surface area contributed by atoms with Gasteiger partial charge in [-0.2, -0.15) is 0 Å². The third-order valence-corrected chi connectivity index (χ3v) is 5.97. The van der Waals surface area contributed by atoms with Crippen LogP contribution in [0.3, 0.4) is 0 Å². The molecular formula is C17H19BrN2O3S. The third-order valence-electron chi connectivity index (χ3n) is 3.67. The van der Waals surface area contributed by atoms with E-state index in [-0.39, 0.29) is 10.8 Å². The van der Waals surface area contributed by atoms with Gasteiger partial charge in [-0.1, -0.05) is 22.0 Å². The lowest BCUT2D eigenvalue weighted by Crippen LogP contribution is -2.23. The number of carbonyl (C=O) groups is 1. The Kier molecular flexibility index (Phi) is 5.47. The molecule has 0 aliphatic rings. The molecule has 0 fully saturated rings. The first-order valence-corrected chi connectivity index (χ1v) is 9.47. The second-order valence-electron chi connectivity index (χ2n) is 5.68. The molecule has 5 nitrogen and oxygen atoms in total. The highest BCUT2D eigenvalue weighted by molar-refractivity contribution is 9.10. The first-order chi connectivity index (χ1) is 11.1. The molecule has 0 atom stereocenters. The predicted octanol–water partition coefficient (Wildman–Crippen LogP) is 3.57. The van der Waals surface area contributed by atoms with Crippen molar-refractivity contribution < 1.29 is 13.2 Å². The fraction of sp³-hybridized carbons (Fsp3) is 0.235. The van der Waals surface area contributed by atoms with E-state index in [9.17, 15) is 13.2 Å². The van der Waals surface area contributed by atoms with Crippen molar-refractivity contribution in [2.24, 2.45) is 0 Å². The van der Waals surface area contributed by atoms with E-state index in [1.54, 1.807) is 19.1 Å². The van der Waals surface area contributed by atoms with Crippen LogP contribution < -0.4 is 5.32 Å². The van der Waals surface area contributed by atoms with Crippen LogP contribution in [0.1, 0.15) is 21.5 Å². The van der Waals surface area contributed by atoms with Crippen molar-refractivity contribution in [2.45, 2.75) is 18.7 Å². The lowest BCUT2D eigenvalue weighted by Gasteiger charge is -2.14. The number of benzene rings is 2. The van der Waals surface area contributed by atoms with Crippen molar-refractivity contribution in [1.82, 2.24) is 4.31 Å². The minimum absolute atomic E-state index is 0.0933. The Morgan fingerprint density at radius 3 is 2.29 bits per heavy atom. The predicted molar refractivity (Wildman–Crippen MR) is 98.9 cm³/mol. The number of carbonyl (C=O) groups excluding carboxylic acids is 1. The van der Waals surface area contributed by atoms with E-state index < -0.39 is 10.0 Å². The van der Waals surface area contributed by atoms with Gasteiger partial charge in [0, 0.05) is 29.8 Å². The molecule has 0 aliphatic carbocycles. The number of anilines is 1. The van der Waals surface area contributed by atoms with E-state index >= 15 is 0 Å². The molecule has 2 rings (SSSR count). The number of hydrogen-bond donors (Lipinski definition) is 1. The van der Waals surface area contributed by atoms with Gasteiger partial charge < -0.3 is 5.32 Å². The van der Waals surface area contributed by atoms with Gasteiger partial charge in [0.15, 0.2) is 0 Å². The Morgan fingerprint density at radius 1 is 1.04 bits per heavy atom. The average molecular weight is 411 g/mol. The van der Waals surface area contributed by atoms with Crippen molar-refractivity contribution in [2.75, 3.05) is 19.4 Å². The van der Waals surface area contributed by atoms with Crippen LogP contribution in [0.25, 0.3) is 0 Å². The summed E-state index contributed by atoms with van der Waals surface area (Å²) in [6.45, 7) is 3.66. The van der Waals surface area contributed by atoms with Gasteiger partial charge in [0.2, 0.25) is 10.0 Å². The zero-order valence-corrected chi connectivity index (χ0v) is 16.3. The molecule has 0 aromatic heterocycles. The smallest absolute Gasteiger partial charge is 0.255 e. The Hall–Kier alpha value is -1.70. The summed E-state index contributed by atoms with van der Waals surface area (Å²) in [7, 11) is -0.672. The van der Waals surface area contributed by atoms with Gasteiger partial charge >= 0.3 is 0 Å². The maximum absolute atomic E-state index is 12.6. The molecule has 24 heavy (non-hydrogen) atoms. The van der Waals surface area contributed by atoms with Gasteiger partial charge in [-0.3, -0.25) is 4.79 Å². The molecule has 0 bridgehead atoms. The summed E-state index contributed by atoms with van der Waals surface area (Å²) in [4.78, 5) is 12.7. The quantitative estimate of drug-likeness (QED) is 0.837. The molecule has 1 amide bonds.